The van der Waals surface area contributed by atoms with Crippen LogP contribution in [0.25, 0.3) is 0 Å². The molecule has 0 saturated heterocycles. The molecule has 0 aromatic heterocycles. The lowest BCUT2D eigenvalue weighted by Crippen LogP contribution is -2.47. The number of aldehydes is 1. The number of hydrogen-bond acceptors (Lipinski definition) is 4. The van der Waals surface area contributed by atoms with Gasteiger partial charge in [-0.15, -0.1) is 0 Å². The van der Waals surface area contributed by atoms with Crippen LogP contribution in [0, 0.1) is 0 Å². The lowest BCUT2D eigenvalue weighted by atomic mass is 9.99. The molecule has 0 saturated carbocycles. The van der Waals surface area contributed by atoms with E-state index in [1.54, 1.807) is 0 Å². The van der Waals surface area contributed by atoms with Crippen molar-refractivity contribution < 1.29 is 18.1 Å². The number of hydrogen-bond donors (Lipinski definition) is 0. The van der Waals surface area contributed by atoms with E-state index in [1.807, 2.05) is 0 Å². The maximum atomic E-state index is 11.5. The SMILES string of the molecule is CCCCCCCCCCCCCC[C@@H](CC[C@@H](C[C@@H](CCC=O)O[Si](C)(C)C(C)(C)C)O[Si](C)(C)C(C)(C)C)O[Si](C)(C)C(C)(C)C. The van der Waals surface area contributed by atoms with Gasteiger partial charge < -0.3 is 18.1 Å². The molecular formula is C41H88O4Si3. The summed E-state index contributed by atoms with van der Waals surface area (Å²) < 4.78 is 21.4. The molecule has 4 nitrogen and oxygen atoms in total. The molecule has 3 atom stereocenters. The molecule has 0 aliphatic heterocycles. The first kappa shape index (κ1) is 48.2. The molecule has 0 bridgehead atoms. The topological polar surface area (TPSA) is 44.8 Å². The zero-order valence-electron chi connectivity index (χ0n) is 35.7. The Balaban J connectivity index is 5.68. The third kappa shape index (κ3) is 19.7. The Bertz CT molecular complexity index is 836. The highest BCUT2D eigenvalue weighted by molar-refractivity contribution is 6.75. The Labute approximate surface area is 305 Å². The summed E-state index contributed by atoms with van der Waals surface area (Å²) in [6.45, 7) is 37.6. The predicted octanol–water partition coefficient (Wildman–Crippen LogP) is 14.4. The van der Waals surface area contributed by atoms with Gasteiger partial charge in [0.2, 0.25) is 0 Å². The van der Waals surface area contributed by atoms with Gasteiger partial charge in [0.05, 0.1) is 0 Å². The average Bonchev–Trinajstić information content (AvgIpc) is 2.92. The maximum Gasteiger partial charge on any atom is 0.192 e. The standard InChI is InChI=1S/C41H88O4Si3/c1-17-18-19-20-21-22-23-24-25-26-27-28-30-36(43-46(11,12)39(2,3)4)32-33-38(45-48(15,16)41(8,9)10)35-37(31-29-34-42)44-47(13,14)40(5,6)7/h34,36-38H,17-33,35H2,1-16H3/t36-,37+,38-/m0/s1. The van der Waals surface area contributed by atoms with Crippen LogP contribution in [-0.4, -0.2) is 49.6 Å². The lowest BCUT2D eigenvalue weighted by molar-refractivity contribution is -0.108. The van der Waals surface area contributed by atoms with Gasteiger partial charge in [-0.2, -0.15) is 0 Å². The molecule has 0 radical (unpaired) electrons. The van der Waals surface area contributed by atoms with E-state index in [9.17, 15) is 4.79 Å². The van der Waals surface area contributed by atoms with E-state index in [0.29, 0.717) is 6.42 Å². The van der Waals surface area contributed by atoms with Gasteiger partial charge in [-0.3, -0.25) is 0 Å². The van der Waals surface area contributed by atoms with Crippen LogP contribution in [0.2, 0.25) is 54.4 Å². The predicted molar refractivity (Wildman–Crippen MR) is 221 cm³/mol. The van der Waals surface area contributed by atoms with Gasteiger partial charge >= 0.3 is 0 Å². The number of unbranched alkanes of at least 4 members (excludes halogenated alkanes) is 11. The van der Waals surface area contributed by atoms with Crippen LogP contribution in [0.3, 0.4) is 0 Å². The van der Waals surface area contributed by atoms with Crippen molar-refractivity contribution in [2.45, 2.75) is 258 Å². The molecule has 0 heterocycles. The van der Waals surface area contributed by atoms with Crippen LogP contribution in [0.4, 0.5) is 0 Å². The van der Waals surface area contributed by atoms with Gasteiger partial charge in [0, 0.05) is 24.7 Å². The smallest absolute Gasteiger partial charge is 0.192 e. The fourth-order valence-electron chi connectivity index (χ4n) is 5.62. The van der Waals surface area contributed by atoms with Crippen molar-refractivity contribution in [2.24, 2.45) is 0 Å². The summed E-state index contributed by atoms with van der Waals surface area (Å²) in [5, 5.41) is 0.449. The minimum atomic E-state index is -2.01. The molecule has 0 unspecified atom stereocenters. The summed E-state index contributed by atoms with van der Waals surface area (Å²) in [5.41, 5.74) is 0. The first-order valence-corrected chi connectivity index (χ1v) is 29.1. The lowest BCUT2D eigenvalue weighted by Gasteiger charge is -2.43. The van der Waals surface area contributed by atoms with Crippen LogP contribution in [-0.2, 0) is 18.1 Å². The summed E-state index contributed by atoms with van der Waals surface area (Å²) in [6, 6.07) is 0. The van der Waals surface area contributed by atoms with Crippen molar-refractivity contribution in [1.82, 2.24) is 0 Å². The molecule has 0 aliphatic rings. The first-order chi connectivity index (χ1) is 21.9. The molecule has 0 aliphatic carbocycles. The fraction of sp³-hybridized carbons (Fsp3) is 0.976. The second kappa shape index (κ2) is 22.3. The highest BCUT2D eigenvalue weighted by Gasteiger charge is 2.43. The zero-order valence-corrected chi connectivity index (χ0v) is 38.7. The maximum absolute atomic E-state index is 11.5. The molecule has 48 heavy (non-hydrogen) atoms. The largest absolute Gasteiger partial charge is 0.414 e. The van der Waals surface area contributed by atoms with E-state index in [2.05, 4.69) is 109 Å². The summed E-state index contributed by atoms with van der Waals surface area (Å²) in [5.74, 6) is 0. The van der Waals surface area contributed by atoms with E-state index in [-0.39, 0.29) is 33.4 Å². The Morgan fingerprint density at radius 2 is 0.771 bits per heavy atom. The molecule has 0 aromatic carbocycles. The van der Waals surface area contributed by atoms with E-state index >= 15 is 0 Å². The Morgan fingerprint density at radius 1 is 0.458 bits per heavy atom. The van der Waals surface area contributed by atoms with E-state index < -0.39 is 25.0 Å². The number of carbonyl (C=O) groups is 1. The second-order valence-corrected chi connectivity index (χ2v) is 34.0. The highest BCUT2D eigenvalue weighted by atomic mass is 28.4. The normalized spacial score (nSPS) is 15.8. The number of rotatable bonds is 27. The molecule has 0 rings (SSSR count). The van der Waals surface area contributed by atoms with Crippen molar-refractivity contribution in [3.8, 4) is 0 Å². The number of carbonyl (C=O) groups excluding carboxylic acids is 1. The summed E-state index contributed by atoms with van der Waals surface area (Å²) in [6.07, 6.45) is 23.3. The monoisotopic (exact) mass is 729 g/mol. The fourth-order valence-corrected chi connectivity index (χ4v) is 9.85. The van der Waals surface area contributed by atoms with Gasteiger partial charge in [0.15, 0.2) is 25.0 Å². The molecular weight excluding hydrogens is 641 g/mol. The van der Waals surface area contributed by atoms with Crippen molar-refractivity contribution in [1.29, 1.82) is 0 Å². The van der Waals surface area contributed by atoms with Gasteiger partial charge in [0.25, 0.3) is 0 Å². The molecule has 0 fully saturated rings. The Hall–Kier alpha value is 0.201. The molecule has 0 spiro atoms. The summed E-state index contributed by atoms with van der Waals surface area (Å²) in [4.78, 5) is 11.5. The van der Waals surface area contributed by atoms with Crippen LogP contribution in [0.15, 0.2) is 0 Å². The van der Waals surface area contributed by atoms with Crippen LogP contribution >= 0.6 is 0 Å². The van der Waals surface area contributed by atoms with Gasteiger partial charge in [-0.1, -0.05) is 146 Å². The molecule has 0 amide bonds. The van der Waals surface area contributed by atoms with Gasteiger partial charge in [0.1, 0.15) is 6.29 Å². The summed E-state index contributed by atoms with van der Waals surface area (Å²) >= 11 is 0. The molecule has 0 aromatic rings. The minimum absolute atomic E-state index is 0.0435. The van der Waals surface area contributed by atoms with Crippen molar-refractivity contribution in [2.75, 3.05) is 0 Å². The van der Waals surface area contributed by atoms with E-state index in [4.69, 9.17) is 13.3 Å². The highest BCUT2D eigenvalue weighted by Crippen LogP contribution is 2.42. The Morgan fingerprint density at radius 3 is 1.12 bits per heavy atom. The van der Waals surface area contributed by atoms with Crippen LogP contribution in [0.5, 0.6) is 0 Å². The Kier molecular flexibility index (Phi) is 22.4. The van der Waals surface area contributed by atoms with Gasteiger partial charge in [-0.25, -0.2) is 0 Å². The van der Waals surface area contributed by atoms with E-state index in [0.717, 1.165) is 38.4 Å². The average molecular weight is 729 g/mol. The van der Waals surface area contributed by atoms with Crippen molar-refractivity contribution in [3.05, 3.63) is 0 Å². The van der Waals surface area contributed by atoms with Crippen LogP contribution in [0.1, 0.15) is 185 Å². The molecule has 288 valence electrons. The zero-order chi connectivity index (χ0) is 37.3. The second-order valence-electron chi connectivity index (χ2n) is 19.7. The third-order valence-electron chi connectivity index (χ3n) is 12.1. The van der Waals surface area contributed by atoms with Crippen LogP contribution < -0.4 is 0 Å². The first-order valence-electron chi connectivity index (χ1n) is 20.4. The van der Waals surface area contributed by atoms with Crippen molar-refractivity contribution >= 4 is 31.2 Å². The molecule has 7 heteroatoms. The van der Waals surface area contributed by atoms with Crippen molar-refractivity contribution in [3.63, 3.8) is 0 Å². The van der Waals surface area contributed by atoms with E-state index in [1.165, 1.54) is 77.0 Å². The quantitative estimate of drug-likeness (QED) is 0.0480. The minimum Gasteiger partial charge on any atom is -0.414 e. The third-order valence-corrected chi connectivity index (χ3v) is 25.7. The summed E-state index contributed by atoms with van der Waals surface area (Å²) in [7, 11) is -5.93. The molecule has 0 N–H and O–H groups in total. The van der Waals surface area contributed by atoms with Gasteiger partial charge in [-0.05, 0) is 86.5 Å².